The van der Waals surface area contributed by atoms with Crippen LogP contribution in [0.2, 0.25) is 0 Å². The number of hydroxylamine groups is 2. The summed E-state index contributed by atoms with van der Waals surface area (Å²) in [5.41, 5.74) is -0.744. The Balaban J connectivity index is 1.89. The summed E-state index contributed by atoms with van der Waals surface area (Å²) in [5.74, 6) is -3.26. The molecule has 0 aromatic heterocycles. The largest absolute Gasteiger partial charge is 0.444 e. The highest BCUT2D eigenvalue weighted by Gasteiger charge is 2.34. The molecule has 0 aromatic rings. The first kappa shape index (κ1) is 15.4. The lowest BCUT2D eigenvalue weighted by Gasteiger charge is -2.19. The molecule has 2 N–H and O–H groups in total. The Labute approximate surface area is 133 Å². The fourth-order valence-electron chi connectivity index (χ4n) is 2.09. The molecular formula is C14H8FN3O6. The first-order valence-electron chi connectivity index (χ1n) is 6.46. The van der Waals surface area contributed by atoms with Crippen LogP contribution in [0.5, 0.6) is 0 Å². The van der Waals surface area contributed by atoms with Gasteiger partial charge < -0.3 is 10.1 Å². The maximum atomic E-state index is 13.3. The predicted octanol–water partition coefficient (Wildman–Crippen LogP) is 0.927. The summed E-state index contributed by atoms with van der Waals surface area (Å²) in [5, 5.41) is 23.3. The normalized spacial score (nSPS) is 23.2. The monoisotopic (exact) mass is 333 g/mol. The number of hydrogen-bond donors (Lipinski definition) is 2. The molecule has 122 valence electrons. The summed E-state index contributed by atoms with van der Waals surface area (Å²) in [6, 6.07) is 0. The van der Waals surface area contributed by atoms with Gasteiger partial charge in [0.25, 0.3) is 0 Å². The van der Waals surface area contributed by atoms with Crippen molar-refractivity contribution in [2.75, 3.05) is 0 Å². The van der Waals surface area contributed by atoms with Crippen molar-refractivity contribution in [1.82, 2.24) is 10.4 Å². The Kier molecular flexibility index (Phi) is 3.58. The van der Waals surface area contributed by atoms with Crippen molar-refractivity contribution < 1.29 is 28.8 Å². The van der Waals surface area contributed by atoms with E-state index in [4.69, 9.17) is 4.74 Å². The third-order valence-corrected chi connectivity index (χ3v) is 3.24. The van der Waals surface area contributed by atoms with Gasteiger partial charge >= 0.3 is 11.5 Å². The van der Waals surface area contributed by atoms with Crippen LogP contribution in [0.15, 0.2) is 71.1 Å². The molecule has 9 nitrogen and oxygen atoms in total. The summed E-state index contributed by atoms with van der Waals surface area (Å²) in [7, 11) is 0. The summed E-state index contributed by atoms with van der Waals surface area (Å²) in [6.07, 6.45) is 6.66. The molecular weight excluding hydrogens is 325 g/mol. The van der Waals surface area contributed by atoms with Gasteiger partial charge in [0.15, 0.2) is 0 Å². The second-order valence-electron chi connectivity index (χ2n) is 4.73. The zero-order chi connectivity index (χ0) is 17.4. The molecule has 0 bridgehead atoms. The fourth-order valence-corrected chi connectivity index (χ4v) is 2.09. The van der Waals surface area contributed by atoms with E-state index in [0.29, 0.717) is 0 Å². The number of nitro groups is 1. The zero-order valence-electron chi connectivity index (χ0n) is 11.7. The van der Waals surface area contributed by atoms with Crippen molar-refractivity contribution in [2.45, 2.75) is 0 Å². The molecule has 3 aliphatic rings. The van der Waals surface area contributed by atoms with Gasteiger partial charge in [-0.2, -0.15) is 9.45 Å². The van der Waals surface area contributed by atoms with Crippen molar-refractivity contribution in [1.29, 1.82) is 0 Å². The molecule has 0 spiro atoms. The summed E-state index contributed by atoms with van der Waals surface area (Å²) < 4.78 is 18.5. The van der Waals surface area contributed by atoms with E-state index in [1.54, 1.807) is 0 Å². The molecule has 24 heavy (non-hydrogen) atoms. The van der Waals surface area contributed by atoms with Crippen LogP contribution in [0.4, 0.5) is 4.39 Å². The topological polar surface area (TPSA) is 122 Å². The third kappa shape index (κ3) is 2.50. The molecule has 0 saturated heterocycles. The van der Waals surface area contributed by atoms with Crippen LogP contribution >= 0.6 is 0 Å². The summed E-state index contributed by atoms with van der Waals surface area (Å²) in [6.45, 7) is 0. The summed E-state index contributed by atoms with van der Waals surface area (Å²) >= 11 is 0. The van der Waals surface area contributed by atoms with Crippen LogP contribution in [0, 0.1) is 10.1 Å². The van der Waals surface area contributed by atoms with Gasteiger partial charge in [0, 0.05) is 11.6 Å². The highest BCUT2D eigenvalue weighted by molar-refractivity contribution is 6.47. The molecule has 0 atom stereocenters. The number of rotatable bonds is 2. The number of nitrogens with one attached hydrogen (secondary N) is 1. The van der Waals surface area contributed by atoms with Gasteiger partial charge in [-0.25, -0.2) is 0 Å². The fraction of sp³-hybridized carbons (Fsp3) is 0. The van der Waals surface area contributed by atoms with E-state index < -0.39 is 28.1 Å². The Bertz CT molecular complexity index is 862. The van der Waals surface area contributed by atoms with E-state index in [1.807, 2.05) is 0 Å². The van der Waals surface area contributed by atoms with Crippen molar-refractivity contribution in [3.05, 3.63) is 81.3 Å². The second-order valence-corrected chi connectivity index (χ2v) is 4.73. The number of hydrogen-bond acceptors (Lipinski definition) is 8. The molecule has 3 rings (SSSR count). The highest BCUT2D eigenvalue weighted by atomic mass is 19.1. The third-order valence-electron chi connectivity index (χ3n) is 3.24. The molecule has 1 aliphatic carbocycles. The molecule has 0 fully saturated rings. The average Bonchev–Trinajstić information content (AvgIpc) is 3.02. The number of ether oxygens (including phenoxy) is 1. The van der Waals surface area contributed by atoms with E-state index in [2.05, 4.69) is 5.32 Å². The minimum absolute atomic E-state index is 0.0437. The Hall–Kier alpha value is -3.53. The SMILES string of the molecule is O=C1C=C(C2=COC(=C3C=CC=C(F)N3O)N2)C=C([N+](=O)[O-])C1=O. The highest BCUT2D eigenvalue weighted by Crippen LogP contribution is 2.27. The van der Waals surface area contributed by atoms with Crippen molar-refractivity contribution >= 4 is 11.6 Å². The van der Waals surface area contributed by atoms with Crippen molar-refractivity contribution in [3.8, 4) is 0 Å². The van der Waals surface area contributed by atoms with Gasteiger partial charge in [0.2, 0.25) is 17.6 Å². The minimum atomic E-state index is -1.22. The molecule has 2 heterocycles. The Morgan fingerprint density at radius 2 is 2.08 bits per heavy atom. The first-order chi connectivity index (χ1) is 11.4. The van der Waals surface area contributed by atoms with E-state index in [-0.39, 0.29) is 27.9 Å². The van der Waals surface area contributed by atoms with Crippen LogP contribution in [-0.2, 0) is 14.3 Å². The minimum Gasteiger partial charge on any atom is -0.444 e. The van der Waals surface area contributed by atoms with Crippen LogP contribution in [-0.4, -0.2) is 26.8 Å². The Morgan fingerprint density at radius 3 is 2.79 bits per heavy atom. The standard InChI is InChI=1S/C14H8FN3O6/c15-12-3-1-2-9(17(12)21)14-16-8(6-24-14)7-4-10(18(22)23)13(20)11(19)5-7/h1-6,16,21H. The molecule has 0 amide bonds. The van der Waals surface area contributed by atoms with Crippen LogP contribution in [0.1, 0.15) is 0 Å². The van der Waals surface area contributed by atoms with Crippen LogP contribution in [0.3, 0.4) is 0 Å². The first-order valence-corrected chi connectivity index (χ1v) is 6.46. The number of halogens is 1. The van der Waals surface area contributed by atoms with Gasteiger partial charge in [-0.15, -0.1) is 0 Å². The Morgan fingerprint density at radius 1 is 1.33 bits per heavy atom. The van der Waals surface area contributed by atoms with Gasteiger partial charge in [0.1, 0.15) is 12.0 Å². The lowest BCUT2D eigenvalue weighted by Crippen LogP contribution is -2.25. The van der Waals surface area contributed by atoms with Gasteiger partial charge in [-0.1, -0.05) is 6.08 Å². The number of nitrogens with zero attached hydrogens (tertiary/aromatic N) is 2. The number of carbonyl (C=O) groups excluding carboxylic acids is 2. The van der Waals surface area contributed by atoms with Gasteiger partial charge in [-0.3, -0.25) is 24.9 Å². The molecule has 0 unspecified atom stereocenters. The predicted molar refractivity (Wildman–Crippen MR) is 74.5 cm³/mol. The molecule has 0 saturated carbocycles. The summed E-state index contributed by atoms with van der Waals surface area (Å²) in [4.78, 5) is 32.9. The van der Waals surface area contributed by atoms with Crippen LogP contribution < -0.4 is 5.32 Å². The second kappa shape index (κ2) is 5.59. The number of ketones is 2. The van der Waals surface area contributed by atoms with Gasteiger partial charge in [0.05, 0.1) is 10.6 Å². The smallest absolute Gasteiger partial charge is 0.321 e. The van der Waals surface area contributed by atoms with Crippen molar-refractivity contribution in [2.24, 2.45) is 0 Å². The van der Waals surface area contributed by atoms with Crippen LogP contribution in [0.25, 0.3) is 0 Å². The molecule has 0 radical (unpaired) electrons. The lowest BCUT2D eigenvalue weighted by atomic mass is 10.0. The number of allylic oxidation sites excluding steroid dienone is 6. The lowest BCUT2D eigenvalue weighted by molar-refractivity contribution is -0.418. The number of Topliss-reactive ketones (excluding diaryl/α,β-unsaturated/α-hetero) is 1. The van der Waals surface area contributed by atoms with Crippen molar-refractivity contribution in [3.63, 3.8) is 0 Å². The van der Waals surface area contributed by atoms with E-state index in [0.717, 1.165) is 24.5 Å². The molecule has 10 heteroatoms. The maximum absolute atomic E-state index is 13.3. The quantitative estimate of drug-likeness (QED) is 0.252. The number of carbonyl (C=O) groups is 2. The molecule has 2 aliphatic heterocycles. The average molecular weight is 333 g/mol. The van der Waals surface area contributed by atoms with E-state index >= 15 is 0 Å². The van der Waals surface area contributed by atoms with E-state index in [1.165, 1.54) is 12.2 Å². The molecule has 0 aromatic carbocycles. The maximum Gasteiger partial charge on any atom is 0.321 e. The van der Waals surface area contributed by atoms with E-state index in [9.17, 15) is 29.3 Å². The van der Waals surface area contributed by atoms with Gasteiger partial charge in [-0.05, 0) is 18.2 Å². The zero-order valence-corrected chi connectivity index (χ0v) is 11.7.